The van der Waals surface area contributed by atoms with E-state index in [9.17, 15) is 4.79 Å². The van der Waals surface area contributed by atoms with Gasteiger partial charge in [0.1, 0.15) is 17.2 Å². The first-order valence-corrected chi connectivity index (χ1v) is 9.21. The van der Waals surface area contributed by atoms with Crippen molar-refractivity contribution in [3.05, 3.63) is 70.2 Å². The van der Waals surface area contributed by atoms with E-state index in [1.165, 1.54) is 0 Å². The van der Waals surface area contributed by atoms with Crippen LogP contribution in [0.5, 0.6) is 0 Å². The van der Waals surface area contributed by atoms with Crippen LogP contribution in [0.2, 0.25) is 0 Å². The van der Waals surface area contributed by atoms with Crippen LogP contribution < -0.4 is 5.56 Å². The van der Waals surface area contributed by atoms with Crippen LogP contribution in [0.15, 0.2) is 51.8 Å². The molecule has 1 fully saturated rings. The van der Waals surface area contributed by atoms with Crippen molar-refractivity contribution in [3.8, 4) is 0 Å². The van der Waals surface area contributed by atoms with Crippen LogP contribution in [0.1, 0.15) is 23.3 Å². The highest BCUT2D eigenvalue weighted by Gasteiger charge is 2.27. The molecular weight excluding hydrogens is 322 g/mol. The van der Waals surface area contributed by atoms with E-state index in [0.29, 0.717) is 12.2 Å². The van der Waals surface area contributed by atoms with Crippen molar-refractivity contribution in [3.63, 3.8) is 0 Å². The number of fused-ring (bicyclic) bond motifs is 1. The Morgan fingerprint density at radius 1 is 1.33 bits per heavy atom. The van der Waals surface area contributed by atoms with Crippen molar-refractivity contribution in [1.29, 1.82) is 0 Å². The van der Waals surface area contributed by atoms with Gasteiger partial charge in [-0.1, -0.05) is 6.07 Å². The molecule has 0 unspecified atom stereocenters. The van der Waals surface area contributed by atoms with Gasteiger partial charge in [-0.3, -0.25) is 14.1 Å². The van der Waals surface area contributed by atoms with E-state index in [2.05, 4.69) is 16.0 Å². The lowest BCUT2D eigenvalue weighted by atomic mass is 10.2. The van der Waals surface area contributed by atoms with Crippen LogP contribution in [-0.4, -0.2) is 32.3 Å². The van der Waals surface area contributed by atoms with Gasteiger partial charge < -0.3 is 4.42 Å². The van der Waals surface area contributed by atoms with E-state index in [4.69, 9.17) is 4.42 Å². The highest BCUT2D eigenvalue weighted by atomic mass is 32.2. The summed E-state index contributed by atoms with van der Waals surface area (Å²) in [6.45, 7) is 3.59. The van der Waals surface area contributed by atoms with Crippen molar-refractivity contribution in [2.75, 3.05) is 18.1 Å². The molecule has 1 saturated heterocycles. The molecule has 3 aromatic heterocycles. The molecule has 0 saturated carbocycles. The number of nitrogens with zero attached hydrogens (tertiary/aromatic N) is 3. The van der Waals surface area contributed by atoms with E-state index < -0.39 is 0 Å². The molecule has 124 valence electrons. The van der Waals surface area contributed by atoms with Crippen molar-refractivity contribution in [1.82, 2.24) is 14.3 Å². The van der Waals surface area contributed by atoms with Gasteiger partial charge in [-0.25, -0.2) is 4.98 Å². The molecule has 1 atom stereocenters. The van der Waals surface area contributed by atoms with Crippen molar-refractivity contribution >= 4 is 17.4 Å². The second kappa shape index (κ2) is 6.45. The van der Waals surface area contributed by atoms with E-state index in [1.54, 1.807) is 16.7 Å². The molecule has 5 nitrogen and oxygen atoms in total. The Hall–Kier alpha value is -2.05. The molecule has 0 radical (unpaired) electrons. The van der Waals surface area contributed by atoms with Crippen LogP contribution in [0.3, 0.4) is 0 Å². The number of rotatable bonds is 3. The van der Waals surface area contributed by atoms with Crippen LogP contribution in [0.4, 0.5) is 0 Å². The highest BCUT2D eigenvalue weighted by Crippen LogP contribution is 2.31. The lowest BCUT2D eigenvalue weighted by molar-refractivity contribution is 0.185. The van der Waals surface area contributed by atoms with E-state index in [0.717, 1.165) is 35.3 Å². The van der Waals surface area contributed by atoms with E-state index >= 15 is 0 Å². The number of hydrogen-bond acceptors (Lipinski definition) is 5. The van der Waals surface area contributed by atoms with Gasteiger partial charge in [0.2, 0.25) is 0 Å². The third kappa shape index (κ3) is 2.99. The maximum Gasteiger partial charge on any atom is 0.258 e. The molecule has 0 bridgehead atoms. The molecule has 4 heterocycles. The topological polar surface area (TPSA) is 50.8 Å². The lowest BCUT2D eigenvalue weighted by Gasteiger charge is -2.33. The average Bonchev–Trinajstić information content (AvgIpc) is 3.02. The summed E-state index contributed by atoms with van der Waals surface area (Å²) in [5.74, 6) is 4.02. The quantitative estimate of drug-likeness (QED) is 0.733. The smallest absolute Gasteiger partial charge is 0.258 e. The zero-order chi connectivity index (χ0) is 16.5. The summed E-state index contributed by atoms with van der Waals surface area (Å²) in [6, 6.07) is 11.5. The SMILES string of the molecule is Cc1ccc([C@@H]2CSCCN2Cc2cc(=O)n3ccccc3n2)o1. The maximum absolute atomic E-state index is 12.3. The fraction of sp³-hybridized carbons (Fsp3) is 0.333. The Morgan fingerprint density at radius 3 is 3.08 bits per heavy atom. The fourth-order valence-electron chi connectivity index (χ4n) is 3.11. The largest absolute Gasteiger partial charge is 0.465 e. The van der Waals surface area contributed by atoms with Gasteiger partial charge in [0, 0.05) is 36.9 Å². The third-order valence-corrected chi connectivity index (χ3v) is 5.34. The van der Waals surface area contributed by atoms with Gasteiger partial charge in [0.15, 0.2) is 0 Å². The Balaban J connectivity index is 1.64. The summed E-state index contributed by atoms with van der Waals surface area (Å²) < 4.78 is 7.42. The van der Waals surface area contributed by atoms with Crippen molar-refractivity contribution in [2.24, 2.45) is 0 Å². The molecular formula is C18H19N3O2S. The zero-order valence-electron chi connectivity index (χ0n) is 13.5. The van der Waals surface area contributed by atoms with Gasteiger partial charge >= 0.3 is 0 Å². The van der Waals surface area contributed by atoms with Crippen LogP contribution in [0, 0.1) is 6.92 Å². The molecule has 24 heavy (non-hydrogen) atoms. The molecule has 0 aromatic carbocycles. The maximum atomic E-state index is 12.3. The molecule has 4 rings (SSSR count). The predicted molar refractivity (Wildman–Crippen MR) is 95.4 cm³/mol. The Labute approximate surface area is 144 Å². The Kier molecular flexibility index (Phi) is 4.16. The van der Waals surface area contributed by atoms with Crippen molar-refractivity contribution < 1.29 is 4.42 Å². The number of furan rings is 1. The van der Waals surface area contributed by atoms with Gasteiger partial charge in [-0.05, 0) is 31.2 Å². The van der Waals surface area contributed by atoms with Crippen LogP contribution in [0.25, 0.3) is 5.65 Å². The molecule has 6 heteroatoms. The number of hydrogen-bond donors (Lipinski definition) is 0. The van der Waals surface area contributed by atoms with Crippen LogP contribution >= 0.6 is 11.8 Å². The summed E-state index contributed by atoms with van der Waals surface area (Å²) in [4.78, 5) is 19.3. The van der Waals surface area contributed by atoms with Gasteiger partial charge in [0.05, 0.1) is 11.7 Å². The molecule has 0 amide bonds. The molecule has 0 N–H and O–H groups in total. The summed E-state index contributed by atoms with van der Waals surface area (Å²) in [5.41, 5.74) is 1.47. The number of aryl methyl sites for hydroxylation is 1. The lowest BCUT2D eigenvalue weighted by Crippen LogP contribution is -2.36. The summed E-state index contributed by atoms with van der Waals surface area (Å²) >= 11 is 1.94. The van der Waals surface area contributed by atoms with Gasteiger partial charge in [-0.2, -0.15) is 11.8 Å². The fourth-order valence-corrected chi connectivity index (χ4v) is 4.24. The summed E-state index contributed by atoms with van der Waals surface area (Å²) in [6.07, 6.45) is 1.75. The monoisotopic (exact) mass is 341 g/mol. The highest BCUT2D eigenvalue weighted by molar-refractivity contribution is 7.99. The molecule has 3 aromatic rings. The normalized spacial score (nSPS) is 19.0. The van der Waals surface area contributed by atoms with Crippen molar-refractivity contribution in [2.45, 2.75) is 19.5 Å². The second-order valence-corrected chi connectivity index (χ2v) is 7.17. The summed E-state index contributed by atoms with van der Waals surface area (Å²) in [7, 11) is 0. The molecule has 0 aliphatic carbocycles. The van der Waals surface area contributed by atoms with Gasteiger partial charge in [0.25, 0.3) is 5.56 Å². The second-order valence-electron chi connectivity index (χ2n) is 6.02. The number of pyridine rings is 1. The first-order valence-electron chi connectivity index (χ1n) is 8.06. The molecule has 1 aliphatic rings. The first-order chi connectivity index (χ1) is 11.7. The minimum Gasteiger partial charge on any atom is -0.465 e. The average molecular weight is 341 g/mol. The van der Waals surface area contributed by atoms with Gasteiger partial charge in [-0.15, -0.1) is 0 Å². The Morgan fingerprint density at radius 2 is 2.25 bits per heavy atom. The minimum atomic E-state index is -0.0348. The standard InChI is InChI=1S/C18H19N3O2S/c1-13-5-6-16(23-13)15-12-24-9-8-20(15)11-14-10-18(22)21-7-3-2-4-17(21)19-14/h2-7,10,15H,8-9,11-12H2,1H3/t15-/m0/s1. The predicted octanol–water partition coefficient (Wildman–Crippen LogP) is 2.89. The molecule has 1 aliphatic heterocycles. The first kappa shape index (κ1) is 15.5. The Bertz CT molecular complexity index is 918. The summed E-state index contributed by atoms with van der Waals surface area (Å²) in [5, 5.41) is 0. The minimum absolute atomic E-state index is 0.0348. The van der Waals surface area contributed by atoms with E-state index in [-0.39, 0.29) is 11.6 Å². The van der Waals surface area contributed by atoms with E-state index in [1.807, 2.05) is 43.0 Å². The van der Waals surface area contributed by atoms with Crippen LogP contribution in [-0.2, 0) is 6.54 Å². The third-order valence-electron chi connectivity index (χ3n) is 4.32. The number of thioether (sulfide) groups is 1. The molecule has 0 spiro atoms. The number of aromatic nitrogens is 2. The zero-order valence-corrected chi connectivity index (χ0v) is 14.3.